The van der Waals surface area contributed by atoms with Crippen LogP contribution in [0.5, 0.6) is 5.75 Å². The summed E-state index contributed by atoms with van der Waals surface area (Å²) in [5.41, 5.74) is 0.645. The van der Waals surface area contributed by atoms with Crippen molar-refractivity contribution in [3.05, 3.63) is 70.4 Å². The molecule has 4 aromatic rings. The quantitative estimate of drug-likeness (QED) is 0.0991. The summed E-state index contributed by atoms with van der Waals surface area (Å²) in [6.45, 7) is 10.1. The molecule has 0 atom stereocenters. The average Bonchev–Trinajstić information content (AvgIpc) is 3.29. The predicted octanol–water partition coefficient (Wildman–Crippen LogP) is 4.81. The number of aromatic nitrogens is 4. The van der Waals surface area contributed by atoms with E-state index in [1.165, 1.54) is 19.2 Å². The summed E-state index contributed by atoms with van der Waals surface area (Å²) in [5.74, 6) is -0.346. The van der Waals surface area contributed by atoms with Gasteiger partial charge in [0.2, 0.25) is 0 Å². The van der Waals surface area contributed by atoms with Crippen LogP contribution in [0.2, 0.25) is 25.7 Å². The monoisotopic (exact) mass is 595 g/mol. The summed E-state index contributed by atoms with van der Waals surface area (Å²) in [4.78, 5) is 30.1. The van der Waals surface area contributed by atoms with Crippen molar-refractivity contribution in [1.29, 1.82) is 5.26 Å². The molecule has 2 aromatic heterocycles. The molecule has 2 aromatic carbocycles. The second-order valence-electron chi connectivity index (χ2n) is 10.8. The molecule has 0 N–H and O–H groups in total. The molecule has 0 aliphatic heterocycles. The van der Waals surface area contributed by atoms with Crippen LogP contribution in [0, 0.1) is 11.3 Å². The Kier molecular flexibility index (Phi) is 9.18. The van der Waals surface area contributed by atoms with Gasteiger partial charge in [0, 0.05) is 26.1 Å². The molecule has 220 valence electrons. The van der Waals surface area contributed by atoms with Crippen molar-refractivity contribution >= 4 is 41.5 Å². The summed E-state index contributed by atoms with van der Waals surface area (Å²) in [5, 5.41) is 15.0. The first-order chi connectivity index (χ1) is 19.9. The Morgan fingerprint density at radius 2 is 1.90 bits per heavy atom. The van der Waals surface area contributed by atoms with E-state index in [0.717, 1.165) is 10.7 Å². The fraction of sp³-hybridized carbons (Fsp3) is 0.345. The maximum Gasteiger partial charge on any atom is 0.356 e. The van der Waals surface area contributed by atoms with E-state index < -0.39 is 32.6 Å². The normalized spacial score (nSPS) is 11.7. The minimum Gasteiger partial charge on any atom is -0.486 e. The van der Waals surface area contributed by atoms with Crippen molar-refractivity contribution in [3.63, 3.8) is 0 Å². The van der Waals surface area contributed by atoms with Crippen molar-refractivity contribution in [2.45, 2.75) is 45.3 Å². The summed E-state index contributed by atoms with van der Waals surface area (Å²) in [6.07, 6.45) is -2.62. The zero-order chi connectivity index (χ0) is 30.6. The topological polar surface area (TPSA) is 121 Å². The van der Waals surface area contributed by atoms with E-state index in [2.05, 4.69) is 31.3 Å². The number of carbonyl (C=O) groups is 1. The number of nitriles is 1. The van der Waals surface area contributed by atoms with Crippen LogP contribution in [-0.4, -0.2) is 60.1 Å². The number of benzene rings is 2. The highest BCUT2D eigenvalue weighted by atomic mass is 28.3. The molecule has 0 saturated carbocycles. The Balaban J connectivity index is 1.85. The predicted molar refractivity (Wildman–Crippen MR) is 156 cm³/mol. The van der Waals surface area contributed by atoms with E-state index in [0.29, 0.717) is 39.9 Å². The fourth-order valence-corrected chi connectivity index (χ4v) is 5.05. The molecule has 13 heteroatoms. The number of halogens is 2. The van der Waals surface area contributed by atoms with Crippen molar-refractivity contribution < 1.29 is 27.8 Å². The number of hydrogen-bond acceptors (Lipinski definition) is 8. The first kappa shape index (κ1) is 30.5. The third-order valence-electron chi connectivity index (χ3n) is 6.51. The number of hydrogen-bond donors (Lipinski definition) is 0. The number of ether oxygens (including phenoxy) is 3. The molecule has 0 bridgehead atoms. The third kappa shape index (κ3) is 6.72. The number of fused-ring (bicyclic) bond motifs is 2. The van der Waals surface area contributed by atoms with Gasteiger partial charge >= 0.3 is 5.97 Å². The van der Waals surface area contributed by atoms with Crippen LogP contribution in [-0.2, 0) is 27.4 Å². The van der Waals surface area contributed by atoms with Crippen LogP contribution >= 0.6 is 0 Å². The van der Waals surface area contributed by atoms with Gasteiger partial charge in [-0.3, -0.25) is 4.79 Å². The van der Waals surface area contributed by atoms with E-state index in [1.54, 1.807) is 28.8 Å². The highest BCUT2D eigenvalue weighted by Crippen LogP contribution is 2.28. The molecule has 0 saturated heterocycles. The lowest BCUT2D eigenvalue weighted by Gasteiger charge is -2.17. The number of nitrogens with zero attached hydrogens (tertiary/aromatic N) is 5. The van der Waals surface area contributed by atoms with Crippen LogP contribution in [0.3, 0.4) is 0 Å². The van der Waals surface area contributed by atoms with Crippen molar-refractivity contribution in [2.75, 3.05) is 20.3 Å². The molecule has 0 aliphatic rings. The molecule has 0 fully saturated rings. The van der Waals surface area contributed by atoms with Crippen molar-refractivity contribution in [3.8, 4) is 11.8 Å². The molecular weight excluding hydrogens is 564 g/mol. The smallest absolute Gasteiger partial charge is 0.356 e. The zero-order valence-corrected chi connectivity index (χ0v) is 24.8. The lowest BCUT2D eigenvalue weighted by molar-refractivity contribution is -0.134. The first-order valence-electron chi connectivity index (χ1n) is 13.1. The van der Waals surface area contributed by atoms with Gasteiger partial charge in [0.05, 0.1) is 41.2 Å². The molecule has 0 aliphatic carbocycles. The SMILES string of the molecule is C=C(C(=O)OC)n1nc(Cc2nc3cc(OCC(F)F)c(C#N)cc3n2COCC[Si](C)(C)C)c2ccccc2c1=O. The lowest BCUT2D eigenvalue weighted by Crippen LogP contribution is -2.27. The van der Waals surface area contributed by atoms with Gasteiger partial charge in [0.25, 0.3) is 12.0 Å². The van der Waals surface area contributed by atoms with E-state index in [9.17, 15) is 23.6 Å². The number of esters is 1. The van der Waals surface area contributed by atoms with Crippen LogP contribution in [0.25, 0.3) is 27.5 Å². The Hall–Kier alpha value is -4.41. The van der Waals surface area contributed by atoms with Gasteiger partial charge in [0.15, 0.2) is 0 Å². The summed E-state index contributed by atoms with van der Waals surface area (Å²) in [6, 6.07) is 12.7. The molecule has 0 amide bonds. The van der Waals surface area contributed by atoms with E-state index in [1.807, 2.05) is 6.07 Å². The lowest BCUT2D eigenvalue weighted by atomic mass is 10.1. The Labute approximate surface area is 241 Å². The fourth-order valence-electron chi connectivity index (χ4n) is 4.30. The van der Waals surface area contributed by atoms with Crippen molar-refractivity contribution in [2.24, 2.45) is 0 Å². The van der Waals surface area contributed by atoms with Crippen LogP contribution < -0.4 is 10.3 Å². The Morgan fingerprint density at radius 3 is 2.55 bits per heavy atom. The van der Waals surface area contributed by atoms with Gasteiger partial charge in [0.1, 0.15) is 36.7 Å². The molecule has 0 spiro atoms. The van der Waals surface area contributed by atoms with Crippen LogP contribution in [0.15, 0.2) is 47.8 Å². The van der Waals surface area contributed by atoms with E-state index >= 15 is 0 Å². The zero-order valence-electron chi connectivity index (χ0n) is 23.8. The largest absolute Gasteiger partial charge is 0.486 e. The van der Waals surface area contributed by atoms with Gasteiger partial charge in [-0.2, -0.15) is 15.0 Å². The highest BCUT2D eigenvalue weighted by molar-refractivity contribution is 6.76. The van der Waals surface area contributed by atoms with Crippen LogP contribution in [0.1, 0.15) is 17.1 Å². The van der Waals surface area contributed by atoms with Gasteiger partial charge in [-0.25, -0.2) is 18.6 Å². The summed E-state index contributed by atoms with van der Waals surface area (Å²) < 4.78 is 44.3. The Morgan fingerprint density at radius 1 is 1.19 bits per heavy atom. The molecule has 2 heterocycles. The maximum absolute atomic E-state index is 13.2. The first-order valence-corrected chi connectivity index (χ1v) is 16.8. The summed E-state index contributed by atoms with van der Waals surface area (Å²) in [7, 11) is -0.193. The molecule has 0 radical (unpaired) electrons. The molecule has 42 heavy (non-hydrogen) atoms. The number of imidazole rings is 1. The second-order valence-corrected chi connectivity index (χ2v) is 16.4. The minimum atomic E-state index is -2.71. The van der Waals surface area contributed by atoms with Gasteiger partial charge in [-0.15, -0.1) is 0 Å². The van der Waals surface area contributed by atoms with Gasteiger partial charge in [-0.1, -0.05) is 44.4 Å². The van der Waals surface area contributed by atoms with Crippen LogP contribution in [0.4, 0.5) is 8.78 Å². The second kappa shape index (κ2) is 12.6. The van der Waals surface area contributed by atoms with Crippen molar-refractivity contribution in [1.82, 2.24) is 19.3 Å². The maximum atomic E-state index is 13.2. The van der Waals surface area contributed by atoms with E-state index in [-0.39, 0.29) is 30.2 Å². The highest BCUT2D eigenvalue weighted by Gasteiger charge is 2.21. The Bertz CT molecular complexity index is 1750. The average molecular weight is 596 g/mol. The molecule has 0 unspecified atom stereocenters. The molecular formula is C29H31F2N5O5Si. The molecule has 10 nitrogen and oxygen atoms in total. The number of carbonyl (C=O) groups excluding carboxylic acids is 1. The number of methoxy groups -OCH3 is 1. The minimum absolute atomic E-state index is 0.00680. The third-order valence-corrected chi connectivity index (χ3v) is 8.22. The summed E-state index contributed by atoms with van der Waals surface area (Å²) >= 11 is 0. The number of rotatable bonds is 12. The van der Waals surface area contributed by atoms with Gasteiger partial charge in [-0.05, 0) is 18.2 Å². The molecule has 4 rings (SSSR count). The van der Waals surface area contributed by atoms with Gasteiger partial charge < -0.3 is 18.8 Å². The van der Waals surface area contributed by atoms with E-state index in [4.69, 9.17) is 19.2 Å². The number of alkyl halides is 2. The standard InChI is InChI=1S/C29H31F2N5O5Si/c1-18(29(38)39-2)36-28(37)21-9-7-6-8-20(21)22(34-36)14-27-33-23-13-25(41-16-26(30)31)19(15-32)12-24(23)35(27)17-40-10-11-42(3,4)5/h6-9,12-13,26H,1,10-11,14,16-17H2,2-5H3.